The van der Waals surface area contributed by atoms with Crippen molar-refractivity contribution < 1.29 is 17.9 Å². The van der Waals surface area contributed by atoms with E-state index in [4.69, 9.17) is 14.7 Å². The zero-order valence-electron chi connectivity index (χ0n) is 23.6. The van der Waals surface area contributed by atoms with E-state index in [2.05, 4.69) is 62.1 Å². The molecule has 0 aliphatic carbocycles. The monoisotopic (exact) mass is 583 g/mol. The maximum absolute atomic E-state index is 11.8. The molecule has 210 valence electrons. The Morgan fingerprint density at radius 2 is 1.73 bits per heavy atom. The van der Waals surface area contributed by atoms with E-state index in [0.717, 1.165) is 28.2 Å². The van der Waals surface area contributed by atoms with Crippen molar-refractivity contribution in [2.24, 2.45) is 0 Å². The number of rotatable bonds is 8. The normalized spacial score (nSPS) is 15.5. The number of nitriles is 1. The summed E-state index contributed by atoms with van der Waals surface area (Å²) in [5.74, 6) is 7.89. The SMILES string of the molecule is CC#C[C@@H](CC#N)c1ccc(OCc2ccc3sc(C)c(-c4ccc(OC5CCS(=O)(=O)CC5)cc4C)c3c2)cc1. The average Bonchev–Trinajstić information content (AvgIpc) is 3.28. The molecule has 5 rings (SSSR count). The molecule has 7 heteroatoms. The minimum Gasteiger partial charge on any atom is -0.490 e. The molecule has 1 aromatic heterocycles. The molecule has 0 saturated carbocycles. The largest absolute Gasteiger partial charge is 0.490 e. The predicted octanol–water partition coefficient (Wildman–Crippen LogP) is 7.74. The van der Waals surface area contributed by atoms with Crippen molar-refractivity contribution in [2.45, 2.75) is 58.7 Å². The van der Waals surface area contributed by atoms with Crippen LogP contribution in [0.1, 0.15) is 53.7 Å². The van der Waals surface area contributed by atoms with Gasteiger partial charge in [-0.25, -0.2) is 8.42 Å². The van der Waals surface area contributed by atoms with Crippen LogP contribution in [-0.4, -0.2) is 26.0 Å². The second-order valence-corrected chi connectivity index (χ2v) is 14.0. The van der Waals surface area contributed by atoms with Gasteiger partial charge >= 0.3 is 0 Å². The minimum atomic E-state index is -2.91. The Balaban J connectivity index is 1.32. The number of ether oxygens (including phenoxy) is 2. The summed E-state index contributed by atoms with van der Waals surface area (Å²) in [5, 5.41) is 10.3. The summed E-state index contributed by atoms with van der Waals surface area (Å²) in [4.78, 5) is 1.25. The number of aryl methyl sites for hydroxylation is 2. The third-order valence-corrected chi connectivity index (χ3v) is 10.3. The Kier molecular flexibility index (Phi) is 8.68. The summed E-state index contributed by atoms with van der Waals surface area (Å²) in [6, 6.07) is 22.7. The molecule has 0 radical (unpaired) electrons. The fourth-order valence-electron chi connectivity index (χ4n) is 5.34. The quantitative estimate of drug-likeness (QED) is 0.198. The van der Waals surface area contributed by atoms with Gasteiger partial charge in [0.25, 0.3) is 0 Å². The minimum absolute atomic E-state index is 0.0600. The summed E-state index contributed by atoms with van der Waals surface area (Å²) < 4.78 is 37.0. The van der Waals surface area contributed by atoms with Crippen molar-refractivity contribution in [3.05, 3.63) is 82.2 Å². The van der Waals surface area contributed by atoms with E-state index in [0.29, 0.717) is 25.9 Å². The van der Waals surface area contributed by atoms with Crippen LogP contribution in [0.15, 0.2) is 60.7 Å². The molecule has 2 heterocycles. The summed E-state index contributed by atoms with van der Waals surface area (Å²) >= 11 is 1.79. The lowest BCUT2D eigenvalue weighted by atomic mass is 9.96. The molecule has 1 saturated heterocycles. The highest BCUT2D eigenvalue weighted by Crippen LogP contribution is 2.41. The first-order valence-corrected chi connectivity index (χ1v) is 16.4. The van der Waals surface area contributed by atoms with E-state index in [9.17, 15) is 8.42 Å². The van der Waals surface area contributed by atoms with Crippen LogP contribution in [0.5, 0.6) is 11.5 Å². The number of benzene rings is 3. The first-order valence-electron chi connectivity index (χ1n) is 13.8. The summed E-state index contributed by atoms with van der Waals surface area (Å²) in [6.07, 6.45) is 1.39. The highest BCUT2D eigenvalue weighted by molar-refractivity contribution is 7.91. The Bertz CT molecular complexity index is 1760. The summed E-state index contributed by atoms with van der Waals surface area (Å²) in [5.41, 5.74) is 5.63. The van der Waals surface area contributed by atoms with Gasteiger partial charge in [0.2, 0.25) is 0 Å². The van der Waals surface area contributed by atoms with Gasteiger partial charge in [0.05, 0.1) is 29.9 Å². The lowest BCUT2D eigenvalue weighted by Gasteiger charge is -2.23. The third-order valence-electron chi connectivity index (χ3n) is 7.50. The Labute approximate surface area is 246 Å². The third kappa shape index (κ3) is 6.76. The first kappa shape index (κ1) is 28.7. The molecule has 1 aliphatic rings. The summed E-state index contributed by atoms with van der Waals surface area (Å²) in [6.45, 7) is 6.50. The average molecular weight is 584 g/mol. The van der Waals surface area contributed by atoms with Crippen LogP contribution >= 0.6 is 11.3 Å². The van der Waals surface area contributed by atoms with Crippen LogP contribution < -0.4 is 9.47 Å². The van der Waals surface area contributed by atoms with Crippen LogP contribution in [0.25, 0.3) is 21.2 Å². The molecular formula is C34H33NO4S2. The van der Waals surface area contributed by atoms with Crippen molar-refractivity contribution in [2.75, 3.05) is 11.5 Å². The van der Waals surface area contributed by atoms with Gasteiger partial charge in [0, 0.05) is 20.5 Å². The van der Waals surface area contributed by atoms with E-state index in [-0.39, 0.29) is 23.5 Å². The molecule has 1 atom stereocenters. The van der Waals surface area contributed by atoms with Gasteiger partial charge < -0.3 is 9.47 Å². The zero-order valence-corrected chi connectivity index (χ0v) is 25.2. The molecule has 3 aromatic carbocycles. The molecule has 0 unspecified atom stereocenters. The van der Waals surface area contributed by atoms with Gasteiger partial charge in [0.15, 0.2) is 9.84 Å². The van der Waals surface area contributed by atoms with Crippen molar-refractivity contribution >= 4 is 31.3 Å². The molecule has 0 N–H and O–H groups in total. The summed E-state index contributed by atoms with van der Waals surface area (Å²) in [7, 11) is -2.91. The van der Waals surface area contributed by atoms with E-state index >= 15 is 0 Å². The zero-order chi connectivity index (χ0) is 29.0. The van der Waals surface area contributed by atoms with Gasteiger partial charge in [-0.1, -0.05) is 30.2 Å². The number of hydrogen-bond donors (Lipinski definition) is 0. The Hall–Kier alpha value is -3.78. The predicted molar refractivity (Wildman–Crippen MR) is 166 cm³/mol. The Morgan fingerprint density at radius 1 is 1.00 bits per heavy atom. The van der Waals surface area contributed by atoms with E-state index < -0.39 is 9.84 Å². The highest BCUT2D eigenvalue weighted by Gasteiger charge is 2.25. The van der Waals surface area contributed by atoms with Crippen LogP contribution in [0.2, 0.25) is 0 Å². The second kappa shape index (κ2) is 12.4. The second-order valence-electron chi connectivity index (χ2n) is 10.5. The number of thiophene rings is 1. The standard InChI is InChI=1S/C34H33NO4S2/c1-4-5-26(14-17-35)27-7-9-28(10-8-27)38-22-25-6-13-33-32(21-25)34(24(3)40-33)31-12-11-30(20-23(31)2)39-29-15-18-41(36,37)19-16-29/h6-13,20-21,26,29H,14-16,18-19,22H2,1-3H3/t26-/m0/s1. The lowest BCUT2D eigenvalue weighted by molar-refractivity contribution is 0.189. The fraction of sp³-hybridized carbons (Fsp3) is 0.324. The first-order chi connectivity index (χ1) is 19.8. The maximum Gasteiger partial charge on any atom is 0.150 e. The van der Waals surface area contributed by atoms with E-state index in [1.807, 2.05) is 30.3 Å². The molecule has 41 heavy (non-hydrogen) atoms. The fourth-order valence-corrected chi connectivity index (χ4v) is 7.85. The van der Waals surface area contributed by atoms with Crippen LogP contribution in [0.3, 0.4) is 0 Å². The molecule has 1 aliphatic heterocycles. The van der Waals surface area contributed by atoms with Crippen LogP contribution in [0.4, 0.5) is 0 Å². The molecular weight excluding hydrogens is 551 g/mol. The molecule has 1 fully saturated rings. The van der Waals surface area contributed by atoms with Gasteiger partial charge in [-0.05, 0) is 92.3 Å². The van der Waals surface area contributed by atoms with E-state index in [1.54, 1.807) is 18.3 Å². The number of hydrogen-bond acceptors (Lipinski definition) is 6. The van der Waals surface area contributed by atoms with Gasteiger partial charge in [-0.15, -0.1) is 17.3 Å². The van der Waals surface area contributed by atoms with Crippen molar-refractivity contribution in [1.82, 2.24) is 0 Å². The van der Waals surface area contributed by atoms with Crippen molar-refractivity contribution in [3.8, 4) is 40.5 Å². The molecule has 0 spiro atoms. The number of sulfone groups is 1. The molecule has 0 bridgehead atoms. The van der Waals surface area contributed by atoms with E-state index in [1.165, 1.54) is 26.1 Å². The highest BCUT2D eigenvalue weighted by atomic mass is 32.2. The lowest BCUT2D eigenvalue weighted by Crippen LogP contribution is -2.30. The molecule has 5 nitrogen and oxygen atoms in total. The number of fused-ring (bicyclic) bond motifs is 1. The van der Waals surface area contributed by atoms with Crippen molar-refractivity contribution in [1.29, 1.82) is 5.26 Å². The Morgan fingerprint density at radius 3 is 2.41 bits per heavy atom. The maximum atomic E-state index is 11.8. The van der Waals surface area contributed by atoms with Crippen LogP contribution in [0, 0.1) is 37.0 Å². The molecule has 4 aromatic rings. The topological polar surface area (TPSA) is 76.4 Å². The molecule has 0 amide bonds. The van der Waals surface area contributed by atoms with Crippen LogP contribution in [-0.2, 0) is 16.4 Å². The van der Waals surface area contributed by atoms with Crippen molar-refractivity contribution in [3.63, 3.8) is 0 Å². The van der Waals surface area contributed by atoms with Gasteiger partial charge in [-0.2, -0.15) is 5.26 Å². The number of nitrogens with zero attached hydrogens (tertiary/aromatic N) is 1. The van der Waals surface area contributed by atoms with Gasteiger partial charge in [-0.3, -0.25) is 0 Å². The van der Waals surface area contributed by atoms with Gasteiger partial charge in [0.1, 0.15) is 24.2 Å². The smallest absolute Gasteiger partial charge is 0.150 e.